The summed E-state index contributed by atoms with van der Waals surface area (Å²) in [4.78, 5) is 25.7. The van der Waals surface area contributed by atoms with Crippen LogP contribution < -0.4 is 11.1 Å². The number of nitrogens with two attached hydrogens (primary N) is 1. The summed E-state index contributed by atoms with van der Waals surface area (Å²) in [5.41, 5.74) is 5.43. The molecular weight excluding hydrogens is 198 g/mol. The summed E-state index contributed by atoms with van der Waals surface area (Å²) in [5.74, 6) is -0.995. The summed E-state index contributed by atoms with van der Waals surface area (Å²) in [6.07, 6.45) is 1.23. The lowest BCUT2D eigenvalue weighted by atomic mass is 10.2. The Balaban J connectivity index is 2.71. The third-order valence-corrected chi connectivity index (χ3v) is 1.68. The van der Waals surface area contributed by atoms with Crippen LogP contribution in [0.25, 0.3) is 0 Å². The number of hydrogen-bond acceptors (Lipinski definition) is 4. The number of hydrogen-bond donors (Lipinski definition) is 3. The minimum Gasteiger partial charge on any atom is -0.395 e. The zero-order valence-corrected chi connectivity index (χ0v) is 7.93. The maximum absolute atomic E-state index is 11.3. The summed E-state index contributed by atoms with van der Waals surface area (Å²) in [6, 6.07) is 2.82. The summed E-state index contributed by atoms with van der Waals surface area (Å²) in [5, 5.41) is 10.9. The molecular formula is C9H11N3O3. The van der Waals surface area contributed by atoms with Crippen molar-refractivity contribution in [3.8, 4) is 0 Å². The Bertz CT molecular complexity index is 361. The molecule has 0 aliphatic rings. The topological polar surface area (TPSA) is 105 Å². The monoisotopic (exact) mass is 209 g/mol. The lowest BCUT2D eigenvalue weighted by molar-refractivity contribution is 0.0937. The maximum Gasteiger partial charge on any atom is 0.269 e. The second kappa shape index (κ2) is 5.06. The van der Waals surface area contributed by atoms with Gasteiger partial charge in [-0.1, -0.05) is 0 Å². The lowest BCUT2D eigenvalue weighted by Crippen LogP contribution is -2.27. The van der Waals surface area contributed by atoms with E-state index < -0.39 is 11.8 Å². The molecule has 0 saturated heterocycles. The Labute approximate surface area is 86.1 Å². The number of amides is 2. The van der Waals surface area contributed by atoms with Crippen LogP contribution in [0.5, 0.6) is 0 Å². The zero-order valence-electron chi connectivity index (χ0n) is 7.93. The van der Waals surface area contributed by atoms with Crippen molar-refractivity contribution in [1.29, 1.82) is 0 Å². The Hall–Kier alpha value is -1.95. The molecule has 1 rings (SSSR count). The van der Waals surface area contributed by atoms with Crippen molar-refractivity contribution in [2.45, 2.75) is 0 Å². The summed E-state index contributed by atoms with van der Waals surface area (Å²) in [7, 11) is 0. The van der Waals surface area contributed by atoms with Crippen molar-refractivity contribution in [2.75, 3.05) is 13.2 Å². The first-order chi connectivity index (χ1) is 7.15. The number of nitrogens with one attached hydrogen (secondary N) is 1. The molecule has 1 heterocycles. The highest BCUT2D eigenvalue weighted by Gasteiger charge is 2.07. The highest BCUT2D eigenvalue weighted by molar-refractivity contribution is 5.95. The van der Waals surface area contributed by atoms with Gasteiger partial charge in [0.1, 0.15) is 5.69 Å². The number of carbonyl (C=O) groups excluding carboxylic acids is 2. The number of primary amides is 1. The zero-order chi connectivity index (χ0) is 11.3. The Morgan fingerprint density at radius 3 is 2.67 bits per heavy atom. The molecule has 1 aromatic rings. The Morgan fingerprint density at radius 2 is 2.20 bits per heavy atom. The largest absolute Gasteiger partial charge is 0.395 e. The van der Waals surface area contributed by atoms with Crippen LogP contribution in [0.1, 0.15) is 20.8 Å². The summed E-state index contributed by atoms with van der Waals surface area (Å²) in [6.45, 7) is 0.0309. The van der Waals surface area contributed by atoms with E-state index in [1.165, 1.54) is 18.3 Å². The first-order valence-corrected chi connectivity index (χ1v) is 4.30. The highest BCUT2D eigenvalue weighted by Crippen LogP contribution is 1.99. The molecule has 2 amide bonds. The molecule has 0 unspecified atom stereocenters. The smallest absolute Gasteiger partial charge is 0.269 e. The molecule has 6 nitrogen and oxygen atoms in total. The van der Waals surface area contributed by atoms with E-state index in [-0.39, 0.29) is 24.4 Å². The van der Waals surface area contributed by atoms with Gasteiger partial charge in [-0.2, -0.15) is 0 Å². The molecule has 0 bridgehead atoms. The predicted octanol–water partition coefficient (Wildman–Crippen LogP) is -1.10. The SMILES string of the molecule is NC(=O)c1ccc(C(=O)NCCO)nc1. The summed E-state index contributed by atoms with van der Waals surface area (Å²) >= 11 is 0. The maximum atomic E-state index is 11.3. The highest BCUT2D eigenvalue weighted by atomic mass is 16.3. The van der Waals surface area contributed by atoms with Gasteiger partial charge in [-0.15, -0.1) is 0 Å². The molecule has 0 atom stereocenters. The van der Waals surface area contributed by atoms with E-state index in [0.29, 0.717) is 0 Å². The van der Waals surface area contributed by atoms with Gasteiger partial charge < -0.3 is 16.2 Å². The van der Waals surface area contributed by atoms with E-state index in [2.05, 4.69) is 10.3 Å². The van der Waals surface area contributed by atoms with Crippen LogP contribution in [-0.2, 0) is 0 Å². The molecule has 0 radical (unpaired) electrons. The molecule has 1 aromatic heterocycles. The molecule has 0 aromatic carbocycles. The minimum atomic E-state index is -0.593. The normalized spacial score (nSPS) is 9.67. The van der Waals surface area contributed by atoms with Crippen LogP contribution in [0.4, 0.5) is 0 Å². The van der Waals surface area contributed by atoms with Crippen molar-refractivity contribution in [3.63, 3.8) is 0 Å². The fourth-order valence-corrected chi connectivity index (χ4v) is 0.934. The molecule has 15 heavy (non-hydrogen) atoms. The van der Waals surface area contributed by atoms with Crippen molar-refractivity contribution in [1.82, 2.24) is 10.3 Å². The number of carbonyl (C=O) groups is 2. The quantitative estimate of drug-likeness (QED) is 0.585. The van der Waals surface area contributed by atoms with Crippen LogP contribution >= 0.6 is 0 Å². The molecule has 4 N–H and O–H groups in total. The fraction of sp³-hybridized carbons (Fsp3) is 0.222. The van der Waals surface area contributed by atoms with E-state index in [0.717, 1.165) is 0 Å². The van der Waals surface area contributed by atoms with E-state index in [9.17, 15) is 9.59 Å². The number of aliphatic hydroxyl groups excluding tert-OH is 1. The Kier molecular flexibility index (Phi) is 3.75. The van der Waals surface area contributed by atoms with E-state index >= 15 is 0 Å². The van der Waals surface area contributed by atoms with Gasteiger partial charge in [0, 0.05) is 12.7 Å². The van der Waals surface area contributed by atoms with E-state index in [4.69, 9.17) is 10.8 Å². The van der Waals surface area contributed by atoms with Gasteiger partial charge in [0.15, 0.2) is 0 Å². The average Bonchev–Trinajstić information content (AvgIpc) is 2.26. The molecule has 6 heteroatoms. The number of aromatic nitrogens is 1. The molecule has 0 aliphatic heterocycles. The first-order valence-electron chi connectivity index (χ1n) is 4.30. The van der Waals surface area contributed by atoms with Crippen LogP contribution in [0.3, 0.4) is 0 Å². The Morgan fingerprint density at radius 1 is 1.47 bits per heavy atom. The van der Waals surface area contributed by atoms with Crippen molar-refractivity contribution < 1.29 is 14.7 Å². The molecule has 80 valence electrons. The first kappa shape index (κ1) is 11.1. The lowest BCUT2D eigenvalue weighted by Gasteiger charge is -2.02. The summed E-state index contributed by atoms with van der Waals surface area (Å²) < 4.78 is 0. The fourth-order valence-electron chi connectivity index (χ4n) is 0.934. The number of pyridine rings is 1. The molecule has 0 fully saturated rings. The van der Waals surface area contributed by atoms with Gasteiger partial charge >= 0.3 is 0 Å². The minimum absolute atomic E-state index is 0.134. The average molecular weight is 209 g/mol. The second-order valence-electron chi connectivity index (χ2n) is 2.78. The number of aliphatic hydroxyl groups is 1. The number of nitrogens with zero attached hydrogens (tertiary/aromatic N) is 1. The number of rotatable bonds is 4. The van der Waals surface area contributed by atoms with Gasteiger partial charge in [0.2, 0.25) is 5.91 Å². The van der Waals surface area contributed by atoms with E-state index in [1.807, 2.05) is 0 Å². The van der Waals surface area contributed by atoms with Crippen molar-refractivity contribution >= 4 is 11.8 Å². The van der Waals surface area contributed by atoms with Gasteiger partial charge in [-0.05, 0) is 12.1 Å². The van der Waals surface area contributed by atoms with Gasteiger partial charge in [0.25, 0.3) is 5.91 Å². The molecule has 0 aliphatic carbocycles. The van der Waals surface area contributed by atoms with Gasteiger partial charge in [-0.25, -0.2) is 0 Å². The van der Waals surface area contributed by atoms with Gasteiger partial charge in [0.05, 0.1) is 12.2 Å². The molecule has 0 spiro atoms. The van der Waals surface area contributed by atoms with Crippen LogP contribution in [0.2, 0.25) is 0 Å². The second-order valence-corrected chi connectivity index (χ2v) is 2.78. The molecule has 0 saturated carbocycles. The third kappa shape index (κ3) is 3.03. The standard InChI is InChI=1S/C9H11N3O3/c10-8(14)6-1-2-7(12-5-6)9(15)11-3-4-13/h1-2,5,13H,3-4H2,(H2,10,14)(H,11,15). The van der Waals surface area contributed by atoms with Crippen molar-refractivity contribution in [3.05, 3.63) is 29.6 Å². The van der Waals surface area contributed by atoms with Gasteiger partial charge in [-0.3, -0.25) is 14.6 Å². The van der Waals surface area contributed by atoms with E-state index in [1.54, 1.807) is 0 Å². The van der Waals surface area contributed by atoms with Crippen LogP contribution in [0.15, 0.2) is 18.3 Å². The van der Waals surface area contributed by atoms with Crippen LogP contribution in [-0.4, -0.2) is 35.1 Å². The van der Waals surface area contributed by atoms with Crippen molar-refractivity contribution in [2.24, 2.45) is 5.73 Å². The third-order valence-electron chi connectivity index (χ3n) is 1.68. The predicted molar refractivity (Wildman–Crippen MR) is 52.2 cm³/mol. The van der Waals surface area contributed by atoms with Crippen LogP contribution in [0, 0.1) is 0 Å².